The van der Waals surface area contributed by atoms with Gasteiger partial charge in [-0.25, -0.2) is 9.18 Å². The number of ether oxygens (including phenoxy) is 2. The maximum atomic E-state index is 13.7. The lowest BCUT2D eigenvalue weighted by atomic mass is 10.1. The molecule has 0 N–H and O–H groups in total. The van der Waals surface area contributed by atoms with Gasteiger partial charge in [-0.15, -0.1) is 0 Å². The van der Waals surface area contributed by atoms with E-state index in [0.717, 1.165) is 0 Å². The van der Waals surface area contributed by atoms with Crippen molar-refractivity contribution in [2.75, 3.05) is 7.11 Å². The first-order valence-corrected chi connectivity index (χ1v) is 7.68. The third-order valence-electron chi connectivity index (χ3n) is 4.13. The molecule has 0 saturated heterocycles. The number of hydrogen-bond acceptors (Lipinski definition) is 4. The van der Waals surface area contributed by atoms with Crippen molar-refractivity contribution < 1.29 is 23.5 Å². The smallest absolute Gasteiger partial charge is 0.337 e. The number of rotatable bonds is 5. The Hall–Kier alpha value is -2.69. The molecule has 0 spiro atoms. The van der Waals surface area contributed by atoms with Crippen LogP contribution in [-0.2, 0) is 20.9 Å². The van der Waals surface area contributed by atoms with Gasteiger partial charge in [-0.1, -0.05) is 30.3 Å². The molecule has 4 nitrogen and oxygen atoms in total. The molecule has 0 aliphatic heterocycles. The first kappa shape index (κ1) is 16.2. The van der Waals surface area contributed by atoms with E-state index >= 15 is 0 Å². The van der Waals surface area contributed by atoms with Crippen LogP contribution in [0.15, 0.2) is 48.5 Å². The second-order valence-corrected chi connectivity index (χ2v) is 5.77. The Bertz CT molecular complexity index is 771. The van der Waals surface area contributed by atoms with Gasteiger partial charge in [0.05, 0.1) is 18.6 Å². The fraction of sp³-hybridized carbons (Fsp3) is 0.263. The molecular formula is C19H17FO4. The van der Waals surface area contributed by atoms with E-state index in [1.54, 1.807) is 42.5 Å². The van der Waals surface area contributed by atoms with Crippen LogP contribution in [-0.4, -0.2) is 19.0 Å². The van der Waals surface area contributed by atoms with Gasteiger partial charge in [0.2, 0.25) is 0 Å². The Kier molecular flexibility index (Phi) is 4.60. The molecule has 0 unspecified atom stereocenters. The predicted molar refractivity (Wildman–Crippen MR) is 84.8 cm³/mol. The second-order valence-electron chi connectivity index (χ2n) is 5.77. The van der Waals surface area contributed by atoms with Crippen LogP contribution < -0.4 is 0 Å². The SMILES string of the molecule is COC(=O)c1cccc(COC(=O)[C@@H]2C[C@H]2c2ccccc2F)c1. The molecule has 3 rings (SSSR count). The highest BCUT2D eigenvalue weighted by Crippen LogP contribution is 2.48. The van der Waals surface area contributed by atoms with E-state index in [9.17, 15) is 14.0 Å². The van der Waals surface area contributed by atoms with E-state index in [4.69, 9.17) is 4.74 Å². The minimum Gasteiger partial charge on any atom is -0.465 e. The van der Waals surface area contributed by atoms with E-state index in [-0.39, 0.29) is 30.2 Å². The topological polar surface area (TPSA) is 52.6 Å². The number of benzene rings is 2. The normalized spacial score (nSPS) is 18.8. The number of methoxy groups -OCH3 is 1. The van der Waals surface area contributed by atoms with Crippen LogP contribution in [0.4, 0.5) is 4.39 Å². The summed E-state index contributed by atoms with van der Waals surface area (Å²) in [5.74, 6) is -1.48. The van der Waals surface area contributed by atoms with Crippen molar-refractivity contribution in [3.05, 3.63) is 71.0 Å². The molecule has 0 radical (unpaired) electrons. The zero-order valence-corrected chi connectivity index (χ0v) is 13.2. The molecule has 0 heterocycles. The number of carbonyl (C=O) groups is 2. The summed E-state index contributed by atoms with van der Waals surface area (Å²) in [5, 5.41) is 0. The van der Waals surface area contributed by atoms with E-state index in [1.165, 1.54) is 13.2 Å². The summed E-state index contributed by atoms with van der Waals surface area (Å²) < 4.78 is 23.7. The molecular weight excluding hydrogens is 311 g/mol. The van der Waals surface area contributed by atoms with Crippen molar-refractivity contribution in [2.45, 2.75) is 18.9 Å². The van der Waals surface area contributed by atoms with Gasteiger partial charge in [0, 0.05) is 5.92 Å². The highest BCUT2D eigenvalue weighted by Gasteiger charge is 2.46. The van der Waals surface area contributed by atoms with Crippen LogP contribution in [0.1, 0.15) is 33.8 Å². The molecule has 2 atom stereocenters. The largest absolute Gasteiger partial charge is 0.465 e. The standard InChI is InChI=1S/C19H17FO4/c1-23-18(21)13-6-4-5-12(9-13)11-24-19(22)16-10-15(16)14-7-2-3-8-17(14)20/h2-9,15-16H,10-11H2,1H3/t15-,16+/m0/s1. The van der Waals surface area contributed by atoms with Gasteiger partial charge in [-0.2, -0.15) is 0 Å². The highest BCUT2D eigenvalue weighted by molar-refractivity contribution is 5.89. The van der Waals surface area contributed by atoms with Crippen molar-refractivity contribution in [1.29, 1.82) is 0 Å². The summed E-state index contributed by atoms with van der Waals surface area (Å²) in [7, 11) is 1.31. The van der Waals surface area contributed by atoms with E-state index < -0.39 is 5.97 Å². The van der Waals surface area contributed by atoms with Crippen LogP contribution in [0.2, 0.25) is 0 Å². The Morgan fingerprint density at radius 3 is 2.71 bits per heavy atom. The molecule has 0 amide bonds. The van der Waals surface area contributed by atoms with Crippen LogP contribution in [0.5, 0.6) is 0 Å². The number of esters is 2. The molecule has 5 heteroatoms. The summed E-state index contributed by atoms with van der Waals surface area (Å²) >= 11 is 0. The van der Waals surface area contributed by atoms with Gasteiger partial charge in [-0.05, 0) is 35.7 Å². The molecule has 0 bridgehead atoms. The zero-order valence-electron chi connectivity index (χ0n) is 13.2. The van der Waals surface area contributed by atoms with Crippen molar-refractivity contribution in [1.82, 2.24) is 0 Å². The quantitative estimate of drug-likeness (QED) is 0.789. The number of hydrogen-bond donors (Lipinski definition) is 0. The van der Waals surface area contributed by atoms with Crippen LogP contribution in [0.3, 0.4) is 0 Å². The van der Waals surface area contributed by atoms with Gasteiger partial charge < -0.3 is 9.47 Å². The second kappa shape index (κ2) is 6.83. The van der Waals surface area contributed by atoms with E-state index in [2.05, 4.69) is 4.74 Å². The molecule has 1 aliphatic rings. The molecule has 0 aromatic heterocycles. The molecule has 124 valence electrons. The minimum atomic E-state index is -0.440. The van der Waals surface area contributed by atoms with E-state index in [1.807, 2.05) is 0 Å². The summed E-state index contributed by atoms with van der Waals surface area (Å²) in [6, 6.07) is 13.2. The van der Waals surface area contributed by atoms with Gasteiger partial charge in [-0.3, -0.25) is 4.79 Å². The molecule has 1 aliphatic carbocycles. The average Bonchev–Trinajstić information content (AvgIpc) is 3.40. The van der Waals surface area contributed by atoms with Crippen molar-refractivity contribution >= 4 is 11.9 Å². The Balaban J connectivity index is 1.58. The Morgan fingerprint density at radius 2 is 1.96 bits per heavy atom. The molecule has 24 heavy (non-hydrogen) atoms. The van der Waals surface area contributed by atoms with Gasteiger partial charge in [0.1, 0.15) is 12.4 Å². The zero-order chi connectivity index (χ0) is 17.1. The summed E-state index contributed by atoms with van der Waals surface area (Å²) in [6.07, 6.45) is 0.599. The lowest BCUT2D eigenvalue weighted by molar-refractivity contribution is -0.146. The molecule has 2 aromatic carbocycles. The van der Waals surface area contributed by atoms with Gasteiger partial charge in [0.25, 0.3) is 0 Å². The van der Waals surface area contributed by atoms with Gasteiger partial charge >= 0.3 is 11.9 Å². The summed E-state index contributed by atoms with van der Waals surface area (Å²) in [6.45, 7) is 0.0736. The fourth-order valence-electron chi connectivity index (χ4n) is 2.74. The van der Waals surface area contributed by atoms with E-state index in [0.29, 0.717) is 23.1 Å². The number of halogens is 1. The molecule has 2 aromatic rings. The number of carbonyl (C=O) groups excluding carboxylic acids is 2. The maximum Gasteiger partial charge on any atom is 0.337 e. The monoisotopic (exact) mass is 328 g/mol. The first-order valence-electron chi connectivity index (χ1n) is 7.68. The third kappa shape index (κ3) is 3.45. The van der Waals surface area contributed by atoms with Crippen LogP contribution in [0, 0.1) is 11.7 Å². The Labute approximate surface area is 139 Å². The predicted octanol–water partition coefficient (Wildman–Crippen LogP) is 3.46. The average molecular weight is 328 g/mol. The molecule has 1 saturated carbocycles. The lowest BCUT2D eigenvalue weighted by Gasteiger charge is -2.07. The summed E-state index contributed by atoms with van der Waals surface area (Å²) in [5.41, 5.74) is 1.67. The van der Waals surface area contributed by atoms with Crippen LogP contribution >= 0.6 is 0 Å². The van der Waals surface area contributed by atoms with Gasteiger partial charge in [0.15, 0.2) is 0 Å². The van der Waals surface area contributed by atoms with Crippen molar-refractivity contribution in [3.8, 4) is 0 Å². The van der Waals surface area contributed by atoms with Crippen molar-refractivity contribution in [3.63, 3.8) is 0 Å². The van der Waals surface area contributed by atoms with Crippen LogP contribution in [0.25, 0.3) is 0 Å². The fourth-order valence-corrected chi connectivity index (χ4v) is 2.74. The minimum absolute atomic E-state index is 0.0736. The third-order valence-corrected chi connectivity index (χ3v) is 4.13. The Morgan fingerprint density at radius 1 is 1.17 bits per heavy atom. The van der Waals surface area contributed by atoms with Crippen molar-refractivity contribution in [2.24, 2.45) is 5.92 Å². The lowest BCUT2D eigenvalue weighted by Crippen LogP contribution is -2.09. The maximum absolute atomic E-state index is 13.7. The first-order chi connectivity index (χ1) is 11.6. The molecule has 1 fully saturated rings. The summed E-state index contributed by atoms with van der Waals surface area (Å²) in [4.78, 5) is 23.6. The highest BCUT2D eigenvalue weighted by atomic mass is 19.1.